The van der Waals surface area contributed by atoms with Crippen LogP contribution in [0.1, 0.15) is 37.2 Å². The first-order chi connectivity index (χ1) is 10.5. The van der Waals surface area contributed by atoms with Crippen molar-refractivity contribution in [2.24, 2.45) is 7.05 Å². The molecule has 0 aromatic carbocycles. The first kappa shape index (κ1) is 15.1. The fourth-order valence-electron chi connectivity index (χ4n) is 2.41. The van der Waals surface area contributed by atoms with Crippen LogP contribution in [0, 0.1) is 13.8 Å². The number of amides is 1. The number of nitrogens with one attached hydrogen (secondary N) is 1. The van der Waals surface area contributed by atoms with Crippen LogP contribution in [-0.4, -0.2) is 30.5 Å². The lowest BCUT2D eigenvalue weighted by atomic mass is 10.3. The van der Waals surface area contributed by atoms with Crippen LogP contribution in [-0.2, 0) is 11.8 Å². The third-order valence-electron chi connectivity index (χ3n) is 3.98. The number of aromatic nitrogens is 4. The number of carbonyl (C=O) groups is 1. The maximum atomic E-state index is 12.4. The third kappa shape index (κ3) is 2.90. The number of carbonyl (C=O) groups excluding carboxylic acids is 1. The molecular formula is C15H21N5OS. The van der Waals surface area contributed by atoms with Crippen molar-refractivity contribution in [1.82, 2.24) is 19.3 Å². The highest BCUT2D eigenvalue weighted by molar-refractivity contribution is 8.00. The lowest BCUT2D eigenvalue weighted by Crippen LogP contribution is -2.23. The smallest absolute Gasteiger partial charge is 0.237 e. The standard InChI is InChI=1S/C15H21N5OS/c1-9-13(10(2)19(4)18-9)17-14(21)11(3)22-15-16-7-8-20(15)12-5-6-12/h7-8,11-12H,5-6H2,1-4H3,(H,17,21)/t11-/m1/s1. The van der Waals surface area contributed by atoms with Gasteiger partial charge in [0.25, 0.3) is 0 Å². The molecule has 3 rings (SSSR count). The summed E-state index contributed by atoms with van der Waals surface area (Å²) >= 11 is 1.50. The molecule has 0 unspecified atom stereocenters. The Hall–Kier alpha value is -1.76. The Labute approximate surface area is 134 Å². The summed E-state index contributed by atoms with van der Waals surface area (Å²) in [6.45, 7) is 5.76. The Balaban J connectivity index is 1.68. The van der Waals surface area contributed by atoms with Crippen LogP contribution in [0.4, 0.5) is 5.69 Å². The van der Waals surface area contributed by atoms with Crippen molar-refractivity contribution in [1.29, 1.82) is 0 Å². The van der Waals surface area contributed by atoms with Gasteiger partial charge in [-0.25, -0.2) is 4.98 Å². The first-order valence-electron chi connectivity index (χ1n) is 7.48. The predicted molar refractivity (Wildman–Crippen MR) is 87.1 cm³/mol. The lowest BCUT2D eigenvalue weighted by Gasteiger charge is -2.13. The zero-order valence-corrected chi connectivity index (χ0v) is 14.1. The summed E-state index contributed by atoms with van der Waals surface area (Å²) in [7, 11) is 1.88. The van der Waals surface area contributed by atoms with E-state index in [0.717, 1.165) is 22.2 Å². The van der Waals surface area contributed by atoms with E-state index in [-0.39, 0.29) is 11.2 Å². The van der Waals surface area contributed by atoms with Crippen LogP contribution in [0.15, 0.2) is 17.6 Å². The number of thioether (sulfide) groups is 1. The Morgan fingerprint density at radius 3 is 2.77 bits per heavy atom. The largest absolute Gasteiger partial charge is 0.323 e. The van der Waals surface area contributed by atoms with Gasteiger partial charge in [0.05, 0.1) is 22.3 Å². The molecule has 0 bridgehead atoms. The van der Waals surface area contributed by atoms with Gasteiger partial charge >= 0.3 is 0 Å². The van der Waals surface area contributed by atoms with Crippen molar-refractivity contribution in [3.05, 3.63) is 23.8 Å². The second kappa shape index (κ2) is 5.79. The topological polar surface area (TPSA) is 64.7 Å². The quantitative estimate of drug-likeness (QED) is 0.861. The molecule has 0 spiro atoms. The second-order valence-corrected chi connectivity index (χ2v) is 7.07. The van der Waals surface area contributed by atoms with Gasteiger partial charge in [0.2, 0.25) is 5.91 Å². The van der Waals surface area contributed by atoms with Crippen LogP contribution < -0.4 is 5.32 Å². The van der Waals surface area contributed by atoms with Gasteiger partial charge < -0.3 is 9.88 Å². The average Bonchev–Trinajstić information content (AvgIpc) is 3.17. The van der Waals surface area contributed by atoms with Crippen molar-refractivity contribution in [3.8, 4) is 0 Å². The molecule has 0 aliphatic heterocycles. The van der Waals surface area contributed by atoms with Gasteiger partial charge in [-0.05, 0) is 33.6 Å². The fourth-order valence-corrected chi connectivity index (χ4v) is 3.35. The zero-order chi connectivity index (χ0) is 15.9. The van der Waals surface area contributed by atoms with Gasteiger partial charge in [-0.1, -0.05) is 11.8 Å². The van der Waals surface area contributed by atoms with Gasteiger partial charge in [-0.3, -0.25) is 9.48 Å². The molecule has 118 valence electrons. The van der Waals surface area contributed by atoms with Crippen molar-refractivity contribution in [3.63, 3.8) is 0 Å². The third-order valence-corrected chi connectivity index (χ3v) is 5.08. The van der Waals surface area contributed by atoms with Crippen LogP contribution in [0.5, 0.6) is 0 Å². The Bertz CT molecular complexity index is 701. The Kier molecular flexibility index (Phi) is 3.99. The van der Waals surface area contributed by atoms with E-state index < -0.39 is 0 Å². The summed E-state index contributed by atoms with van der Waals surface area (Å²) in [5, 5.41) is 8.03. The molecule has 1 atom stereocenters. The van der Waals surface area contributed by atoms with Crippen LogP contribution in [0.3, 0.4) is 0 Å². The number of anilines is 1. The minimum Gasteiger partial charge on any atom is -0.323 e. The predicted octanol–water partition coefficient (Wildman–Crippen LogP) is 2.69. The normalized spacial score (nSPS) is 15.8. The molecule has 2 aromatic rings. The highest BCUT2D eigenvalue weighted by atomic mass is 32.2. The molecule has 1 fully saturated rings. The maximum Gasteiger partial charge on any atom is 0.237 e. The highest BCUT2D eigenvalue weighted by Gasteiger charge is 2.27. The van der Waals surface area contributed by atoms with E-state index >= 15 is 0 Å². The van der Waals surface area contributed by atoms with E-state index in [0.29, 0.717) is 6.04 Å². The molecule has 22 heavy (non-hydrogen) atoms. The molecule has 1 saturated carbocycles. The van der Waals surface area contributed by atoms with Crippen molar-refractivity contribution < 1.29 is 4.79 Å². The second-order valence-electron chi connectivity index (χ2n) is 5.77. The molecule has 2 heterocycles. The fraction of sp³-hybridized carbons (Fsp3) is 0.533. The zero-order valence-electron chi connectivity index (χ0n) is 13.3. The Morgan fingerprint density at radius 1 is 1.45 bits per heavy atom. The molecule has 6 nitrogen and oxygen atoms in total. The number of rotatable bonds is 5. The number of aryl methyl sites for hydroxylation is 2. The van der Waals surface area contributed by atoms with Gasteiger partial charge in [-0.2, -0.15) is 5.10 Å². The highest BCUT2D eigenvalue weighted by Crippen LogP contribution is 2.38. The number of imidazole rings is 1. The van der Waals surface area contributed by atoms with Crippen molar-refractivity contribution >= 4 is 23.4 Å². The maximum absolute atomic E-state index is 12.4. The molecule has 7 heteroatoms. The summed E-state index contributed by atoms with van der Waals surface area (Å²) < 4.78 is 3.96. The summed E-state index contributed by atoms with van der Waals surface area (Å²) in [5.41, 5.74) is 2.61. The van der Waals surface area contributed by atoms with E-state index in [1.165, 1.54) is 24.6 Å². The first-order valence-corrected chi connectivity index (χ1v) is 8.36. The molecule has 0 saturated heterocycles. The molecule has 1 N–H and O–H groups in total. The van der Waals surface area contributed by atoms with Crippen molar-refractivity contribution in [2.45, 2.75) is 50.1 Å². The minimum absolute atomic E-state index is 0.0189. The number of hydrogen-bond acceptors (Lipinski definition) is 4. The van der Waals surface area contributed by atoms with Crippen LogP contribution >= 0.6 is 11.8 Å². The molecule has 2 aromatic heterocycles. The van der Waals surface area contributed by atoms with Gasteiger partial charge in [0.1, 0.15) is 0 Å². The average molecular weight is 319 g/mol. The van der Waals surface area contributed by atoms with Gasteiger partial charge in [-0.15, -0.1) is 0 Å². The van der Waals surface area contributed by atoms with E-state index in [4.69, 9.17) is 0 Å². The Morgan fingerprint density at radius 2 is 2.18 bits per heavy atom. The van der Waals surface area contributed by atoms with Gasteiger partial charge in [0.15, 0.2) is 5.16 Å². The van der Waals surface area contributed by atoms with Crippen LogP contribution in [0.25, 0.3) is 0 Å². The minimum atomic E-state index is -0.209. The van der Waals surface area contributed by atoms with Crippen LogP contribution in [0.2, 0.25) is 0 Å². The summed E-state index contributed by atoms with van der Waals surface area (Å²) in [5.74, 6) is -0.0189. The van der Waals surface area contributed by atoms with Crippen molar-refractivity contribution in [2.75, 3.05) is 5.32 Å². The molecule has 1 aliphatic rings. The lowest BCUT2D eigenvalue weighted by molar-refractivity contribution is -0.115. The monoisotopic (exact) mass is 319 g/mol. The van der Waals surface area contributed by atoms with E-state index in [2.05, 4.69) is 20.0 Å². The molecule has 1 aliphatic carbocycles. The van der Waals surface area contributed by atoms with Gasteiger partial charge in [0, 0.05) is 25.5 Å². The SMILES string of the molecule is Cc1nn(C)c(C)c1NC(=O)[C@@H](C)Sc1nccn1C1CC1. The molecular weight excluding hydrogens is 298 g/mol. The van der Waals surface area contributed by atoms with E-state index in [9.17, 15) is 4.79 Å². The number of nitrogens with zero attached hydrogens (tertiary/aromatic N) is 4. The molecule has 1 amide bonds. The molecule has 0 radical (unpaired) electrons. The summed E-state index contributed by atoms with van der Waals surface area (Å²) in [6, 6.07) is 0.572. The number of hydrogen-bond donors (Lipinski definition) is 1. The summed E-state index contributed by atoms with van der Waals surface area (Å²) in [6.07, 6.45) is 6.22. The summed E-state index contributed by atoms with van der Waals surface area (Å²) in [4.78, 5) is 16.8. The van der Waals surface area contributed by atoms with E-state index in [1.54, 1.807) is 10.9 Å². The van der Waals surface area contributed by atoms with E-state index in [1.807, 2.05) is 34.0 Å².